The molecule has 1 saturated heterocycles. The average Bonchev–Trinajstić information content (AvgIpc) is 3.08. The molecule has 180 valence electrons. The van der Waals surface area contributed by atoms with E-state index < -0.39 is 60.2 Å². The van der Waals surface area contributed by atoms with E-state index in [1.165, 1.54) is 0 Å². The van der Waals surface area contributed by atoms with Crippen molar-refractivity contribution in [1.82, 2.24) is 19.5 Å². The number of phosphoric acid groups is 3. The molecule has 1 aliphatic rings. The summed E-state index contributed by atoms with van der Waals surface area (Å²) >= 11 is 3.06. The van der Waals surface area contributed by atoms with E-state index in [2.05, 4.69) is 44.0 Å². The normalized spacial score (nSPS) is 28.0. The maximum Gasteiger partial charge on any atom is 0.490 e. The summed E-state index contributed by atoms with van der Waals surface area (Å²) in [6.45, 7) is -1.00. The quantitative estimate of drug-likeness (QED) is 0.142. The van der Waals surface area contributed by atoms with Crippen LogP contribution in [0.2, 0.25) is 0 Å². The summed E-state index contributed by atoms with van der Waals surface area (Å²) in [6, 6.07) is 0. The van der Waals surface area contributed by atoms with Gasteiger partial charge in [-0.2, -0.15) is 8.62 Å². The summed E-state index contributed by atoms with van der Waals surface area (Å²) < 4.78 is 51.8. The van der Waals surface area contributed by atoms with Crippen LogP contribution in [0.4, 0.5) is 0 Å². The number of phosphoric ester groups is 1. The smallest absolute Gasteiger partial charge is 0.387 e. The Morgan fingerprint density at radius 3 is 2.41 bits per heavy atom. The Hall–Kier alpha value is -0.880. The number of halogens is 1. The van der Waals surface area contributed by atoms with Gasteiger partial charge in [0.25, 0.3) is 5.56 Å². The monoisotopic (exact) mass is 586 g/mol. The molecule has 0 bridgehead atoms. The highest BCUT2D eigenvalue weighted by Gasteiger charge is 2.47. The number of nitrogens with one attached hydrogen (secondary N) is 1. The van der Waals surface area contributed by atoms with Crippen LogP contribution >= 0.6 is 39.4 Å². The zero-order chi connectivity index (χ0) is 24.1. The minimum atomic E-state index is -5.73. The van der Waals surface area contributed by atoms with Crippen molar-refractivity contribution in [3.8, 4) is 0 Å². The highest BCUT2D eigenvalue weighted by Crippen LogP contribution is 2.66. The molecule has 7 N–H and O–H groups in total. The van der Waals surface area contributed by atoms with Crippen molar-refractivity contribution in [3.05, 3.63) is 21.4 Å². The predicted octanol–water partition coefficient (Wildman–Crippen LogP) is -1.16. The molecule has 2 aromatic heterocycles. The second kappa shape index (κ2) is 9.05. The Bertz CT molecular complexity index is 1210. The van der Waals surface area contributed by atoms with Gasteiger partial charge in [-0.15, -0.1) is 0 Å². The van der Waals surface area contributed by atoms with Crippen LogP contribution < -0.4 is 5.56 Å². The van der Waals surface area contributed by atoms with E-state index in [9.17, 15) is 33.6 Å². The maximum absolute atomic E-state index is 11.8. The third-order valence-corrected chi connectivity index (χ3v) is 8.21. The van der Waals surface area contributed by atoms with Crippen molar-refractivity contribution in [3.63, 3.8) is 0 Å². The van der Waals surface area contributed by atoms with Gasteiger partial charge in [0.2, 0.25) is 0 Å². The Labute approximate surface area is 184 Å². The van der Waals surface area contributed by atoms with E-state index in [0.717, 1.165) is 10.9 Å². The topological polar surface area (TPSA) is 273 Å². The van der Waals surface area contributed by atoms with Crippen LogP contribution in [-0.2, 0) is 31.6 Å². The summed E-state index contributed by atoms with van der Waals surface area (Å²) in [5.74, 6) is 0. The summed E-state index contributed by atoms with van der Waals surface area (Å²) in [7, 11) is -16.8. The second-order valence-corrected chi connectivity index (χ2v) is 11.2. The van der Waals surface area contributed by atoms with Crippen molar-refractivity contribution in [2.45, 2.75) is 24.5 Å². The first-order chi connectivity index (χ1) is 14.6. The van der Waals surface area contributed by atoms with Gasteiger partial charge >= 0.3 is 23.5 Å². The third-order valence-electron chi connectivity index (χ3n) is 3.85. The SMILES string of the molecule is O=c1[nH]cnc2c1nc(Br)n2C1OC(COP(=O)(O)OP(=O)(O)OP(=O)(O)O)C(O)C1O. The Morgan fingerprint density at radius 2 is 1.78 bits per heavy atom. The predicted molar refractivity (Wildman–Crippen MR) is 102 cm³/mol. The van der Waals surface area contributed by atoms with E-state index in [1.807, 2.05) is 0 Å². The standard InChI is InChI=1S/C10H14BrN4O14P3/c11-10-14-4-7(12-2-13-8(4)18)15(10)9-6(17)5(16)3(27-9)1-26-31(22,23)29-32(24,25)28-30(19,20)21/h2-3,5-6,9,16-17H,1H2,(H,22,23)(H,24,25)(H,12,13,18)(H2,19,20,21). The van der Waals surface area contributed by atoms with Crippen LogP contribution in [0.5, 0.6) is 0 Å². The number of aromatic nitrogens is 4. The molecule has 22 heteroatoms. The van der Waals surface area contributed by atoms with Crippen molar-refractivity contribution in [1.29, 1.82) is 0 Å². The van der Waals surface area contributed by atoms with Gasteiger partial charge in [0.1, 0.15) is 18.3 Å². The van der Waals surface area contributed by atoms with E-state index >= 15 is 0 Å². The zero-order valence-corrected chi connectivity index (χ0v) is 19.4. The fourth-order valence-electron chi connectivity index (χ4n) is 2.67. The number of aliphatic hydroxyl groups excluding tert-OH is 2. The van der Waals surface area contributed by atoms with Crippen LogP contribution in [0.1, 0.15) is 6.23 Å². The molecule has 32 heavy (non-hydrogen) atoms. The molecule has 0 spiro atoms. The van der Waals surface area contributed by atoms with Crippen molar-refractivity contribution < 1.29 is 61.4 Å². The van der Waals surface area contributed by atoms with E-state index in [4.69, 9.17) is 19.4 Å². The summed E-state index contributed by atoms with van der Waals surface area (Å²) in [4.78, 5) is 57.6. The van der Waals surface area contributed by atoms with Gasteiger partial charge in [-0.05, 0) is 15.9 Å². The number of fused-ring (bicyclic) bond motifs is 1. The first kappa shape index (κ1) is 25.7. The number of H-pyrrole nitrogens is 1. The number of nitrogens with zero attached hydrogens (tertiary/aromatic N) is 3. The molecule has 3 heterocycles. The molecular formula is C10H14BrN4O14P3. The van der Waals surface area contributed by atoms with Gasteiger partial charge < -0.3 is 39.5 Å². The van der Waals surface area contributed by atoms with E-state index in [1.54, 1.807) is 0 Å². The molecule has 6 atom stereocenters. The summed E-state index contributed by atoms with van der Waals surface area (Å²) in [5, 5.41) is 20.5. The van der Waals surface area contributed by atoms with Crippen LogP contribution in [-0.4, -0.2) is 74.2 Å². The number of hydrogen-bond donors (Lipinski definition) is 7. The van der Waals surface area contributed by atoms with Gasteiger partial charge in [-0.1, -0.05) is 0 Å². The minimum Gasteiger partial charge on any atom is -0.387 e. The second-order valence-electron chi connectivity index (χ2n) is 6.09. The number of ether oxygens (including phenoxy) is 1. The lowest BCUT2D eigenvalue weighted by Crippen LogP contribution is -2.33. The average molecular weight is 587 g/mol. The highest BCUT2D eigenvalue weighted by atomic mass is 79.9. The Balaban J connectivity index is 1.74. The van der Waals surface area contributed by atoms with Gasteiger partial charge in [-0.25, -0.2) is 23.7 Å². The molecule has 18 nitrogen and oxygen atoms in total. The number of rotatable bonds is 8. The van der Waals surface area contributed by atoms with E-state index in [0.29, 0.717) is 0 Å². The number of imidazole rings is 1. The Kier molecular flexibility index (Phi) is 7.28. The molecule has 0 radical (unpaired) electrons. The minimum absolute atomic E-state index is 0.0125. The van der Waals surface area contributed by atoms with E-state index in [-0.39, 0.29) is 15.9 Å². The molecule has 1 fully saturated rings. The third kappa shape index (κ3) is 5.78. The van der Waals surface area contributed by atoms with Crippen LogP contribution in [0, 0.1) is 0 Å². The molecule has 3 rings (SSSR count). The fraction of sp³-hybridized carbons (Fsp3) is 0.500. The molecule has 0 saturated carbocycles. The fourth-order valence-corrected chi connectivity index (χ4v) is 6.25. The maximum atomic E-state index is 11.8. The van der Waals surface area contributed by atoms with Crippen LogP contribution in [0.3, 0.4) is 0 Å². The van der Waals surface area contributed by atoms with Gasteiger partial charge in [0.15, 0.2) is 22.1 Å². The first-order valence-electron chi connectivity index (χ1n) is 8.01. The largest absolute Gasteiger partial charge is 0.490 e. The molecular weight excluding hydrogens is 573 g/mol. The first-order valence-corrected chi connectivity index (χ1v) is 13.3. The summed E-state index contributed by atoms with van der Waals surface area (Å²) in [5.41, 5.74) is -0.765. The molecule has 0 aliphatic carbocycles. The number of aromatic amines is 1. The lowest BCUT2D eigenvalue weighted by atomic mass is 10.1. The molecule has 2 aromatic rings. The number of hydrogen-bond acceptors (Lipinski definition) is 12. The van der Waals surface area contributed by atoms with Gasteiger partial charge in [-0.3, -0.25) is 13.9 Å². The molecule has 1 aliphatic heterocycles. The van der Waals surface area contributed by atoms with Crippen molar-refractivity contribution >= 4 is 50.6 Å². The van der Waals surface area contributed by atoms with Gasteiger partial charge in [0, 0.05) is 0 Å². The molecule has 0 aromatic carbocycles. The van der Waals surface area contributed by atoms with Crippen molar-refractivity contribution in [2.75, 3.05) is 6.61 Å². The van der Waals surface area contributed by atoms with Crippen molar-refractivity contribution in [2.24, 2.45) is 0 Å². The van der Waals surface area contributed by atoms with Gasteiger partial charge in [0.05, 0.1) is 12.9 Å². The Morgan fingerprint density at radius 1 is 1.12 bits per heavy atom. The lowest BCUT2D eigenvalue weighted by Gasteiger charge is -2.19. The molecule has 6 unspecified atom stereocenters. The van der Waals surface area contributed by atoms with Crippen LogP contribution in [0.25, 0.3) is 11.2 Å². The summed E-state index contributed by atoms with van der Waals surface area (Å²) in [6.07, 6.45) is -5.29. The van der Waals surface area contributed by atoms with Crippen LogP contribution in [0.15, 0.2) is 15.9 Å². The highest BCUT2D eigenvalue weighted by molar-refractivity contribution is 9.10. The zero-order valence-electron chi connectivity index (χ0n) is 15.1. The lowest BCUT2D eigenvalue weighted by molar-refractivity contribution is -0.0513. The molecule has 0 amide bonds. The number of aliphatic hydroxyl groups is 2.